The number of amides is 2. The zero-order valence-corrected chi connectivity index (χ0v) is 17.3. The molecule has 1 unspecified atom stereocenters. The first-order valence-electron chi connectivity index (χ1n) is 8.96. The minimum absolute atomic E-state index is 0.141. The molecule has 0 aliphatic rings. The molecular formula is C22H21IN2O3. The molecule has 0 radical (unpaired) electrons. The van der Waals surface area contributed by atoms with Gasteiger partial charge >= 0.3 is 0 Å². The van der Waals surface area contributed by atoms with Gasteiger partial charge in [0.2, 0.25) is 11.8 Å². The molecule has 2 amide bonds. The molecule has 0 saturated carbocycles. The number of hydrogen-bond acceptors (Lipinski definition) is 3. The van der Waals surface area contributed by atoms with Crippen LogP contribution in [0.3, 0.4) is 0 Å². The SMILES string of the molecule is O=C(Cc1cccc2ccccc12)NC(CO)C(=O)NCc1cccc(I)c1. The number of halogens is 1. The van der Waals surface area contributed by atoms with Crippen LogP contribution in [0, 0.1) is 3.57 Å². The first-order valence-corrected chi connectivity index (χ1v) is 10.0. The molecule has 3 aromatic rings. The van der Waals surface area contributed by atoms with E-state index in [1.165, 1.54) is 0 Å². The molecule has 0 aliphatic carbocycles. The highest BCUT2D eigenvalue weighted by Crippen LogP contribution is 2.18. The summed E-state index contributed by atoms with van der Waals surface area (Å²) in [5.74, 6) is -0.715. The normalized spacial score (nSPS) is 11.8. The fraction of sp³-hybridized carbons (Fsp3) is 0.182. The maximum absolute atomic E-state index is 12.4. The van der Waals surface area contributed by atoms with Crippen molar-refractivity contribution in [3.8, 4) is 0 Å². The van der Waals surface area contributed by atoms with Crippen molar-refractivity contribution in [3.05, 3.63) is 81.4 Å². The Morgan fingerprint density at radius 3 is 2.54 bits per heavy atom. The average molecular weight is 488 g/mol. The molecule has 0 bridgehead atoms. The van der Waals surface area contributed by atoms with E-state index < -0.39 is 18.6 Å². The molecule has 3 N–H and O–H groups in total. The largest absolute Gasteiger partial charge is 0.394 e. The summed E-state index contributed by atoms with van der Waals surface area (Å²) < 4.78 is 1.08. The van der Waals surface area contributed by atoms with E-state index in [0.717, 1.165) is 25.5 Å². The highest BCUT2D eigenvalue weighted by atomic mass is 127. The number of carbonyl (C=O) groups is 2. The quantitative estimate of drug-likeness (QED) is 0.448. The lowest BCUT2D eigenvalue weighted by Gasteiger charge is -2.17. The van der Waals surface area contributed by atoms with E-state index in [1.54, 1.807) is 0 Å². The number of hydrogen-bond donors (Lipinski definition) is 3. The fourth-order valence-corrected chi connectivity index (χ4v) is 3.63. The Kier molecular flexibility index (Phi) is 7.00. The maximum Gasteiger partial charge on any atom is 0.245 e. The van der Waals surface area contributed by atoms with Crippen molar-refractivity contribution in [2.45, 2.75) is 19.0 Å². The second kappa shape index (κ2) is 9.66. The molecular weight excluding hydrogens is 467 g/mol. The Balaban J connectivity index is 1.60. The molecule has 0 spiro atoms. The molecule has 1 atom stereocenters. The first kappa shape index (κ1) is 20.3. The molecule has 3 rings (SSSR count). The van der Waals surface area contributed by atoms with Gasteiger partial charge in [-0.15, -0.1) is 0 Å². The van der Waals surface area contributed by atoms with Gasteiger partial charge in [-0.25, -0.2) is 0 Å². The van der Waals surface area contributed by atoms with Gasteiger partial charge < -0.3 is 15.7 Å². The average Bonchev–Trinajstić information content (AvgIpc) is 2.70. The third-order valence-corrected chi connectivity index (χ3v) is 5.09. The van der Waals surface area contributed by atoms with Crippen molar-refractivity contribution < 1.29 is 14.7 Å². The van der Waals surface area contributed by atoms with Gasteiger partial charge in [-0.2, -0.15) is 0 Å². The van der Waals surface area contributed by atoms with Crippen LogP contribution in [0.5, 0.6) is 0 Å². The summed E-state index contributed by atoms with van der Waals surface area (Å²) in [5.41, 5.74) is 1.84. The van der Waals surface area contributed by atoms with Crippen LogP contribution in [0.4, 0.5) is 0 Å². The molecule has 28 heavy (non-hydrogen) atoms. The third kappa shape index (κ3) is 5.30. The number of fused-ring (bicyclic) bond motifs is 1. The molecule has 6 heteroatoms. The van der Waals surface area contributed by atoms with E-state index in [-0.39, 0.29) is 12.3 Å². The van der Waals surface area contributed by atoms with Crippen molar-refractivity contribution in [1.82, 2.24) is 10.6 Å². The Morgan fingerprint density at radius 2 is 1.75 bits per heavy atom. The monoisotopic (exact) mass is 488 g/mol. The minimum atomic E-state index is -0.981. The fourth-order valence-electron chi connectivity index (χ4n) is 3.02. The molecule has 144 valence electrons. The van der Waals surface area contributed by atoms with Gasteiger partial charge in [0.25, 0.3) is 0 Å². The summed E-state index contributed by atoms with van der Waals surface area (Å²) in [6.45, 7) is -0.120. The maximum atomic E-state index is 12.4. The summed E-state index contributed by atoms with van der Waals surface area (Å²) in [6.07, 6.45) is 0.141. The van der Waals surface area contributed by atoms with Gasteiger partial charge in [0, 0.05) is 10.1 Å². The minimum Gasteiger partial charge on any atom is -0.394 e. The zero-order valence-electron chi connectivity index (χ0n) is 15.2. The van der Waals surface area contributed by atoms with Crippen LogP contribution in [-0.2, 0) is 22.6 Å². The number of aliphatic hydroxyl groups is 1. The van der Waals surface area contributed by atoms with Crippen LogP contribution >= 0.6 is 22.6 Å². The Bertz CT molecular complexity index is 985. The number of carbonyl (C=O) groups excluding carboxylic acids is 2. The number of aliphatic hydroxyl groups excluding tert-OH is 1. The highest BCUT2D eigenvalue weighted by Gasteiger charge is 2.20. The lowest BCUT2D eigenvalue weighted by molar-refractivity contribution is -0.129. The van der Waals surface area contributed by atoms with E-state index >= 15 is 0 Å². The Morgan fingerprint density at radius 1 is 1.00 bits per heavy atom. The summed E-state index contributed by atoms with van der Waals surface area (Å²) >= 11 is 2.21. The van der Waals surface area contributed by atoms with Crippen molar-refractivity contribution in [2.24, 2.45) is 0 Å². The van der Waals surface area contributed by atoms with Gasteiger partial charge in [-0.3, -0.25) is 9.59 Å². The molecule has 0 fully saturated rings. The summed E-state index contributed by atoms with van der Waals surface area (Å²) in [4.78, 5) is 24.8. The van der Waals surface area contributed by atoms with E-state index in [9.17, 15) is 14.7 Å². The molecule has 0 aromatic heterocycles. The van der Waals surface area contributed by atoms with Crippen LogP contribution in [0.1, 0.15) is 11.1 Å². The third-order valence-electron chi connectivity index (χ3n) is 4.42. The smallest absolute Gasteiger partial charge is 0.245 e. The van der Waals surface area contributed by atoms with Gasteiger partial charge in [0.05, 0.1) is 13.0 Å². The van der Waals surface area contributed by atoms with Crippen LogP contribution in [0.2, 0.25) is 0 Å². The second-order valence-electron chi connectivity index (χ2n) is 6.47. The topological polar surface area (TPSA) is 78.4 Å². The summed E-state index contributed by atoms with van der Waals surface area (Å²) in [7, 11) is 0. The van der Waals surface area contributed by atoms with Gasteiger partial charge in [0.1, 0.15) is 6.04 Å². The van der Waals surface area contributed by atoms with Crippen LogP contribution < -0.4 is 10.6 Å². The number of benzene rings is 3. The van der Waals surface area contributed by atoms with Gasteiger partial charge in [0.15, 0.2) is 0 Å². The molecule has 0 heterocycles. The van der Waals surface area contributed by atoms with E-state index in [0.29, 0.717) is 6.54 Å². The van der Waals surface area contributed by atoms with Crippen molar-refractivity contribution in [2.75, 3.05) is 6.61 Å². The van der Waals surface area contributed by atoms with E-state index in [2.05, 4.69) is 33.2 Å². The number of nitrogens with one attached hydrogen (secondary N) is 2. The lowest BCUT2D eigenvalue weighted by Crippen LogP contribution is -2.49. The highest BCUT2D eigenvalue weighted by molar-refractivity contribution is 14.1. The Labute approximate surface area is 177 Å². The van der Waals surface area contributed by atoms with Crippen LogP contribution in [-0.4, -0.2) is 29.6 Å². The van der Waals surface area contributed by atoms with E-state index in [1.807, 2.05) is 66.7 Å². The predicted octanol–water partition coefficient (Wildman–Crippen LogP) is 2.78. The van der Waals surface area contributed by atoms with Gasteiger partial charge in [-0.1, -0.05) is 54.6 Å². The van der Waals surface area contributed by atoms with Crippen LogP contribution in [0.15, 0.2) is 66.7 Å². The predicted molar refractivity (Wildman–Crippen MR) is 118 cm³/mol. The first-order chi connectivity index (χ1) is 13.6. The van der Waals surface area contributed by atoms with Crippen molar-refractivity contribution in [3.63, 3.8) is 0 Å². The second-order valence-corrected chi connectivity index (χ2v) is 7.71. The Hall–Kier alpha value is -2.45. The van der Waals surface area contributed by atoms with E-state index in [4.69, 9.17) is 0 Å². The zero-order chi connectivity index (χ0) is 19.9. The molecule has 0 saturated heterocycles. The standard InChI is InChI=1S/C22H21IN2O3/c23-18-9-3-5-15(11-18)13-24-22(28)20(14-26)25-21(27)12-17-8-4-7-16-6-1-2-10-19(16)17/h1-11,20,26H,12-14H2,(H,24,28)(H,25,27). The lowest BCUT2D eigenvalue weighted by atomic mass is 10.0. The summed E-state index contributed by atoms with van der Waals surface area (Å²) in [6, 6.07) is 20.4. The molecule has 3 aromatic carbocycles. The van der Waals surface area contributed by atoms with Crippen molar-refractivity contribution >= 4 is 45.2 Å². The summed E-state index contributed by atoms with van der Waals surface area (Å²) in [5, 5.41) is 17.0. The van der Waals surface area contributed by atoms with Crippen molar-refractivity contribution in [1.29, 1.82) is 0 Å². The van der Waals surface area contributed by atoms with Gasteiger partial charge in [-0.05, 0) is 56.6 Å². The number of rotatable bonds is 7. The van der Waals surface area contributed by atoms with Crippen LogP contribution in [0.25, 0.3) is 10.8 Å². The molecule has 5 nitrogen and oxygen atoms in total. The molecule has 0 aliphatic heterocycles.